The van der Waals surface area contributed by atoms with Gasteiger partial charge in [0.25, 0.3) is 0 Å². The normalized spacial score (nSPS) is 17.7. The minimum Gasteiger partial charge on any atom is -0.506 e. The highest BCUT2D eigenvalue weighted by Crippen LogP contribution is 2.31. The molecule has 0 aliphatic carbocycles. The summed E-state index contributed by atoms with van der Waals surface area (Å²) in [5.41, 5.74) is 1.78. The number of aromatic hydroxyl groups is 1. The third-order valence-electron chi connectivity index (χ3n) is 3.54. The van der Waals surface area contributed by atoms with Gasteiger partial charge in [-0.05, 0) is 45.0 Å². The number of piperidine rings is 1. The molecule has 2 heterocycles. The first kappa shape index (κ1) is 10.6. The van der Waals surface area contributed by atoms with Crippen molar-refractivity contribution in [3.05, 3.63) is 24.0 Å². The fourth-order valence-electron chi connectivity index (χ4n) is 2.76. The number of rotatable bonds is 1. The van der Waals surface area contributed by atoms with E-state index in [0.29, 0.717) is 11.8 Å². The quantitative estimate of drug-likeness (QED) is 0.789. The van der Waals surface area contributed by atoms with Crippen LogP contribution in [-0.4, -0.2) is 27.7 Å². The maximum Gasteiger partial charge on any atom is 0.141 e. The molecule has 3 rings (SSSR count). The summed E-state index contributed by atoms with van der Waals surface area (Å²) < 4.78 is 2.20. The van der Waals surface area contributed by atoms with Crippen LogP contribution in [0.5, 0.6) is 5.75 Å². The van der Waals surface area contributed by atoms with Crippen LogP contribution in [0.2, 0.25) is 0 Å². The van der Waals surface area contributed by atoms with Crippen molar-refractivity contribution in [2.45, 2.75) is 25.8 Å². The van der Waals surface area contributed by atoms with Crippen LogP contribution in [0.25, 0.3) is 11.0 Å². The molecule has 2 aromatic rings. The molecule has 90 valence electrons. The van der Waals surface area contributed by atoms with Gasteiger partial charge >= 0.3 is 0 Å². The van der Waals surface area contributed by atoms with Crippen molar-refractivity contribution in [1.29, 1.82) is 0 Å². The molecule has 0 radical (unpaired) electrons. The molecule has 0 atom stereocenters. The number of phenolic OH excluding ortho intramolecular Hbond substituents is 1. The molecule has 0 saturated carbocycles. The van der Waals surface area contributed by atoms with E-state index >= 15 is 0 Å². The minimum absolute atomic E-state index is 0.335. The predicted octanol–water partition coefficient (Wildman–Crippen LogP) is 1.97. The smallest absolute Gasteiger partial charge is 0.141 e. The summed E-state index contributed by atoms with van der Waals surface area (Å²) in [4.78, 5) is 4.53. The van der Waals surface area contributed by atoms with Crippen LogP contribution in [0.4, 0.5) is 0 Å². The number of phenols is 1. The first-order valence-electron chi connectivity index (χ1n) is 6.14. The molecule has 4 heteroatoms. The lowest BCUT2D eigenvalue weighted by atomic mass is 10.1. The monoisotopic (exact) mass is 231 g/mol. The second-order valence-electron chi connectivity index (χ2n) is 4.66. The molecule has 2 N–H and O–H groups in total. The second-order valence-corrected chi connectivity index (χ2v) is 4.66. The molecule has 0 bridgehead atoms. The van der Waals surface area contributed by atoms with E-state index in [1.807, 2.05) is 19.1 Å². The first-order chi connectivity index (χ1) is 8.27. The van der Waals surface area contributed by atoms with E-state index in [-0.39, 0.29) is 0 Å². The zero-order valence-corrected chi connectivity index (χ0v) is 9.98. The van der Waals surface area contributed by atoms with E-state index in [4.69, 9.17) is 0 Å². The molecular formula is C13H17N3O. The number of benzene rings is 1. The third kappa shape index (κ3) is 1.69. The Morgan fingerprint density at radius 3 is 2.88 bits per heavy atom. The van der Waals surface area contributed by atoms with Gasteiger partial charge in [0.1, 0.15) is 17.1 Å². The largest absolute Gasteiger partial charge is 0.506 e. The Kier molecular flexibility index (Phi) is 2.52. The summed E-state index contributed by atoms with van der Waals surface area (Å²) in [6.07, 6.45) is 2.20. The summed E-state index contributed by atoms with van der Waals surface area (Å²) in [5, 5.41) is 13.4. The Morgan fingerprint density at radius 1 is 1.35 bits per heavy atom. The van der Waals surface area contributed by atoms with Gasteiger partial charge in [0.2, 0.25) is 0 Å². The van der Waals surface area contributed by atoms with Crippen molar-refractivity contribution in [2.75, 3.05) is 13.1 Å². The molecule has 1 aromatic heterocycles. The molecule has 1 aliphatic heterocycles. The summed E-state index contributed by atoms with van der Waals surface area (Å²) >= 11 is 0. The highest BCUT2D eigenvalue weighted by atomic mass is 16.3. The first-order valence-corrected chi connectivity index (χ1v) is 6.14. The number of nitrogens with one attached hydrogen (secondary N) is 1. The zero-order chi connectivity index (χ0) is 11.8. The average molecular weight is 231 g/mol. The highest BCUT2D eigenvalue weighted by molar-refractivity contribution is 5.82. The van der Waals surface area contributed by atoms with Gasteiger partial charge in [-0.3, -0.25) is 0 Å². The molecular weight excluding hydrogens is 214 g/mol. The molecule has 17 heavy (non-hydrogen) atoms. The Labute approximate surface area is 100 Å². The van der Waals surface area contributed by atoms with Crippen molar-refractivity contribution in [1.82, 2.24) is 14.9 Å². The number of aromatic nitrogens is 2. The van der Waals surface area contributed by atoms with E-state index in [2.05, 4.69) is 14.9 Å². The van der Waals surface area contributed by atoms with Gasteiger partial charge in [-0.15, -0.1) is 0 Å². The Morgan fingerprint density at radius 2 is 2.12 bits per heavy atom. The lowest BCUT2D eigenvalue weighted by Gasteiger charge is -2.25. The van der Waals surface area contributed by atoms with E-state index in [9.17, 15) is 5.11 Å². The van der Waals surface area contributed by atoms with E-state index in [1.165, 1.54) is 0 Å². The Hall–Kier alpha value is -1.55. The van der Waals surface area contributed by atoms with Gasteiger partial charge in [0, 0.05) is 6.04 Å². The average Bonchev–Trinajstić information content (AvgIpc) is 2.68. The fourth-order valence-corrected chi connectivity index (χ4v) is 2.76. The summed E-state index contributed by atoms with van der Waals surface area (Å²) in [6, 6.07) is 5.99. The van der Waals surface area contributed by atoms with Crippen LogP contribution in [0.3, 0.4) is 0 Å². The SMILES string of the molecule is Cc1nc2cccc(O)c2n1C1CCNCC1. The van der Waals surface area contributed by atoms with E-state index < -0.39 is 0 Å². The number of hydrogen-bond acceptors (Lipinski definition) is 3. The van der Waals surface area contributed by atoms with Crippen LogP contribution in [-0.2, 0) is 0 Å². The fraction of sp³-hybridized carbons (Fsp3) is 0.462. The number of imidazole rings is 1. The maximum atomic E-state index is 10.0. The molecule has 1 aromatic carbocycles. The summed E-state index contributed by atoms with van der Waals surface area (Å²) in [5.74, 6) is 1.33. The lowest BCUT2D eigenvalue weighted by Crippen LogP contribution is -2.29. The molecule has 1 saturated heterocycles. The summed E-state index contributed by atoms with van der Waals surface area (Å²) in [6.45, 7) is 4.09. The molecule has 1 fully saturated rings. The number of nitrogens with zero attached hydrogens (tertiary/aromatic N) is 2. The molecule has 0 spiro atoms. The van der Waals surface area contributed by atoms with Gasteiger partial charge in [0.05, 0.1) is 5.52 Å². The van der Waals surface area contributed by atoms with Crippen molar-refractivity contribution < 1.29 is 5.11 Å². The Bertz CT molecular complexity index is 541. The van der Waals surface area contributed by atoms with Gasteiger partial charge in [0.15, 0.2) is 0 Å². The van der Waals surface area contributed by atoms with Crippen LogP contribution in [0.1, 0.15) is 24.7 Å². The van der Waals surface area contributed by atoms with Crippen molar-refractivity contribution in [3.63, 3.8) is 0 Å². The number of para-hydroxylation sites is 1. The van der Waals surface area contributed by atoms with Crippen LogP contribution >= 0.6 is 0 Å². The molecule has 4 nitrogen and oxygen atoms in total. The van der Waals surface area contributed by atoms with Crippen molar-refractivity contribution >= 4 is 11.0 Å². The van der Waals surface area contributed by atoms with Gasteiger partial charge < -0.3 is 15.0 Å². The van der Waals surface area contributed by atoms with Crippen molar-refractivity contribution in [2.24, 2.45) is 0 Å². The topological polar surface area (TPSA) is 50.1 Å². The van der Waals surface area contributed by atoms with Crippen LogP contribution < -0.4 is 5.32 Å². The van der Waals surface area contributed by atoms with Gasteiger partial charge in [-0.1, -0.05) is 6.07 Å². The Balaban J connectivity index is 2.16. The highest BCUT2D eigenvalue weighted by Gasteiger charge is 2.20. The number of fused-ring (bicyclic) bond motifs is 1. The number of hydrogen-bond donors (Lipinski definition) is 2. The molecule has 0 unspecified atom stereocenters. The van der Waals surface area contributed by atoms with Crippen molar-refractivity contribution in [3.8, 4) is 5.75 Å². The minimum atomic E-state index is 0.335. The van der Waals surface area contributed by atoms with Gasteiger partial charge in [-0.2, -0.15) is 0 Å². The zero-order valence-electron chi connectivity index (χ0n) is 9.98. The molecule has 0 amide bonds. The van der Waals surface area contributed by atoms with E-state index in [1.54, 1.807) is 6.07 Å². The standard InChI is InChI=1S/C13H17N3O/c1-9-15-11-3-2-4-12(17)13(11)16(9)10-5-7-14-8-6-10/h2-4,10,14,17H,5-8H2,1H3. The third-order valence-corrected chi connectivity index (χ3v) is 3.54. The van der Waals surface area contributed by atoms with Crippen LogP contribution in [0.15, 0.2) is 18.2 Å². The van der Waals surface area contributed by atoms with E-state index in [0.717, 1.165) is 42.8 Å². The summed E-state index contributed by atoms with van der Waals surface area (Å²) in [7, 11) is 0. The lowest BCUT2D eigenvalue weighted by molar-refractivity contribution is 0.367. The van der Waals surface area contributed by atoms with Gasteiger partial charge in [-0.25, -0.2) is 4.98 Å². The second kappa shape index (κ2) is 4.04. The number of aryl methyl sites for hydroxylation is 1. The van der Waals surface area contributed by atoms with Crippen LogP contribution in [0, 0.1) is 6.92 Å². The maximum absolute atomic E-state index is 10.0. The predicted molar refractivity (Wildman–Crippen MR) is 67.3 cm³/mol. The molecule has 1 aliphatic rings.